The molecule has 1 aromatic rings. The zero-order valence-corrected chi connectivity index (χ0v) is 7.06. The van der Waals surface area contributed by atoms with Gasteiger partial charge in [-0.05, 0) is 6.08 Å². The zero-order valence-electron chi connectivity index (χ0n) is 7.06. The first-order valence-corrected chi connectivity index (χ1v) is 3.32. The van der Waals surface area contributed by atoms with Gasteiger partial charge in [-0.2, -0.15) is 5.26 Å². The van der Waals surface area contributed by atoms with Crippen LogP contribution in [0.3, 0.4) is 0 Å². The highest BCUT2D eigenvalue weighted by Crippen LogP contribution is 2.19. The Bertz CT molecular complexity index is 335. The quantitative estimate of drug-likeness (QED) is 0.516. The minimum Gasteiger partial charge on any atom is -0.458 e. The van der Waals surface area contributed by atoms with Gasteiger partial charge in [0.25, 0.3) is 0 Å². The minimum absolute atomic E-state index is 0.0463. The Morgan fingerprint density at radius 2 is 2.38 bits per heavy atom. The summed E-state index contributed by atoms with van der Waals surface area (Å²) in [6.45, 7) is 4.78. The van der Waals surface area contributed by atoms with Crippen molar-refractivity contribution in [3.8, 4) is 6.07 Å². The molecule has 1 rings (SSSR count). The second-order valence-electron chi connectivity index (χ2n) is 1.85. The molecule has 0 saturated carbocycles. The van der Waals surface area contributed by atoms with E-state index in [2.05, 4.69) is 6.58 Å². The summed E-state index contributed by atoms with van der Waals surface area (Å²) in [5.41, 5.74) is -0.0463. The summed E-state index contributed by atoms with van der Waals surface area (Å²) in [7, 11) is 0. The fourth-order valence-corrected chi connectivity index (χ4v) is 0.618. The molecule has 1 heterocycles. The van der Waals surface area contributed by atoms with Gasteiger partial charge in [0.2, 0.25) is 5.76 Å². The number of hydrogen-bond acceptors (Lipinski definition) is 4. The highest BCUT2D eigenvalue weighted by atomic mass is 16.6. The van der Waals surface area contributed by atoms with Crippen LogP contribution in [0.15, 0.2) is 23.3 Å². The third-order valence-corrected chi connectivity index (χ3v) is 1.06. The molecular weight excluding hydrogens is 172 g/mol. The van der Waals surface area contributed by atoms with Gasteiger partial charge in [-0.1, -0.05) is 6.58 Å². The topological polar surface area (TPSA) is 80.1 Å². The molecule has 0 aromatic carbocycles. The molecule has 0 atom stereocenters. The molecule has 0 N–H and O–H groups in total. The first-order valence-electron chi connectivity index (χ1n) is 3.32. The van der Waals surface area contributed by atoms with Crippen LogP contribution in [-0.4, -0.2) is 4.92 Å². The van der Waals surface area contributed by atoms with Crippen molar-refractivity contribution in [2.24, 2.45) is 0 Å². The molecule has 68 valence electrons. The lowest BCUT2D eigenvalue weighted by molar-refractivity contribution is -0.385. The van der Waals surface area contributed by atoms with Crippen molar-refractivity contribution in [2.75, 3.05) is 0 Å². The van der Waals surface area contributed by atoms with E-state index in [0.29, 0.717) is 0 Å². The van der Waals surface area contributed by atoms with Crippen LogP contribution >= 0.6 is 0 Å². The maximum Gasteiger partial charge on any atom is 0.314 e. The van der Waals surface area contributed by atoms with Crippen molar-refractivity contribution in [2.45, 2.75) is 6.92 Å². The van der Waals surface area contributed by atoms with Gasteiger partial charge in [0.1, 0.15) is 0 Å². The van der Waals surface area contributed by atoms with E-state index in [9.17, 15) is 10.1 Å². The Kier molecular flexibility index (Phi) is 4.65. The molecular formula is C8H8N2O3. The number of nitrogens with zero attached hydrogens (tertiary/aromatic N) is 2. The second kappa shape index (κ2) is 5.55. The molecule has 5 nitrogen and oxygen atoms in total. The summed E-state index contributed by atoms with van der Waals surface area (Å²) in [6.07, 6.45) is 2.56. The van der Waals surface area contributed by atoms with Gasteiger partial charge in [-0.25, -0.2) is 0 Å². The Balaban J connectivity index is 0.000000424. The van der Waals surface area contributed by atoms with E-state index >= 15 is 0 Å². The average Bonchev–Trinajstić information content (AvgIpc) is 2.52. The summed E-state index contributed by atoms with van der Waals surface area (Å²) < 4.78 is 4.72. The van der Waals surface area contributed by atoms with Crippen LogP contribution in [-0.2, 0) is 0 Å². The molecule has 0 bridgehead atoms. The van der Waals surface area contributed by atoms with Crippen LogP contribution in [0, 0.1) is 21.4 Å². The van der Waals surface area contributed by atoms with Crippen LogP contribution in [0.25, 0.3) is 6.08 Å². The summed E-state index contributed by atoms with van der Waals surface area (Å²) in [4.78, 5) is 9.63. The second-order valence-corrected chi connectivity index (χ2v) is 1.85. The van der Waals surface area contributed by atoms with Gasteiger partial charge in [0, 0.05) is 6.92 Å². The van der Waals surface area contributed by atoms with Crippen LogP contribution in [0.5, 0.6) is 0 Å². The molecule has 1 aromatic heterocycles. The van der Waals surface area contributed by atoms with Gasteiger partial charge in [-0.3, -0.25) is 10.1 Å². The van der Waals surface area contributed by atoms with E-state index in [-0.39, 0.29) is 11.4 Å². The van der Waals surface area contributed by atoms with Gasteiger partial charge in [0.15, 0.2) is 0 Å². The minimum atomic E-state index is -0.513. The maximum absolute atomic E-state index is 10.1. The van der Waals surface area contributed by atoms with E-state index in [0.717, 1.165) is 0 Å². The van der Waals surface area contributed by atoms with Crippen molar-refractivity contribution in [1.82, 2.24) is 0 Å². The van der Waals surface area contributed by atoms with Gasteiger partial charge >= 0.3 is 5.69 Å². The van der Waals surface area contributed by atoms with E-state index < -0.39 is 4.92 Å². The molecule has 0 fully saturated rings. The fourth-order valence-electron chi connectivity index (χ4n) is 0.618. The van der Waals surface area contributed by atoms with Crippen molar-refractivity contribution in [3.05, 3.63) is 34.8 Å². The lowest BCUT2D eigenvalue weighted by atomic mass is 10.4. The van der Waals surface area contributed by atoms with Crippen LogP contribution in [0.1, 0.15) is 12.7 Å². The highest BCUT2D eigenvalue weighted by molar-refractivity contribution is 5.52. The third kappa shape index (κ3) is 3.20. The smallest absolute Gasteiger partial charge is 0.314 e. The normalized spacial score (nSPS) is 7.69. The van der Waals surface area contributed by atoms with Crippen molar-refractivity contribution in [3.63, 3.8) is 0 Å². The molecule has 0 aliphatic heterocycles. The Labute approximate surface area is 75.0 Å². The van der Waals surface area contributed by atoms with Crippen molar-refractivity contribution < 1.29 is 9.34 Å². The van der Waals surface area contributed by atoms with Crippen LogP contribution in [0.2, 0.25) is 0 Å². The maximum atomic E-state index is 10.1. The molecule has 0 radical (unpaired) electrons. The number of hydrogen-bond donors (Lipinski definition) is 0. The van der Waals surface area contributed by atoms with E-state index in [1.165, 1.54) is 25.3 Å². The standard InChI is InChI=1S/C6H5NO3.C2H3N/c1-2-6-5(7(8)9)3-4-10-6;1-2-3/h2-4H,1H2;1H3. The Hall–Kier alpha value is -2.09. The summed E-state index contributed by atoms with van der Waals surface area (Å²) in [5.74, 6) is 0.199. The first-order chi connectivity index (χ1) is 6.17. The number of nitriles is 1. The summed E-state index contributed by atoms with van der Waals surface area (Å²) in [5, 5.41) is 17.5. The number of furan rings is 1. The van der Waals surface area contributed by atoms with Crippen molar-refractivity contribution >= 4 is 11.8 Å². The zero-order chi connectivity index (χ0) is 10.3. The lowest BCUT2D eigenvalue weighted by Crippen LogP contribution is -1.85. The first kappa shape index (κ1) is 10.9. The van der Waals surface area contributed by atoms with Gasteiger partial charge in [0.05, 0.1) is 23.3 Å². The molecule has 0 unspecified atom stereocenters. The molecule has 0 spiro atoms. The largest absolute Gasteiger partial charge is 0.458 e. The predicted octanol–water partition coefficient (Wildman–Crippen LogP) is 2.36. The molecule has 13 heavy (non-hydrogen) atoms. The van der Waals surface area contributed by atoms with Crippen LogP contribution < -0.4 is 0 Å². The fraction of sp³-hybridized carbons (Fsp3) is 0.125. The third-order valence-electron chi connectivity index (χ3n) is 1.06. The SMILES string of the molecule is C=Cc1occc1[N+](=O)[O-].CC#N. The van der Waals surface area contributed by atoms with Crippen molar-refractivity contribution in [1.29, 1.82) is 5.26 Å². The molecule has 5 heteroatoms. The average molecular weight is 180 g/mol. The van der Waals surface area contributed by atoms with E-state index in [1.807, 2.05) is 0 Å². The Morgan fingerprint density at radius 1 is 1.85 bits per heavy atom. The predicted molar refractivity (Wildman–Crippen MR) is 46.7 cm³/mol. The lowest BCUT2D eigenvalue weighted by Gasteiger charge is -1.84. The highest BCUT2D eigenvalue weighted by Gasteiger charge is 2.12. The van der Waals surface area contributed by atoms with E-state index in [1.54, 1.807) is 6.07 Å². The summed E-state index contributed by atoms with van der Waals surface area (Å²) >= 11 is 0. The number of nitro groups is 1. The summed E-state index contributed by atoms with van der Waals surface area (Å²) in [6, 6.07) is 3.04. The Morgan fingerprint density at radius 3 is 2.69 bits per heavy atom. The molecule has 0 aliphatic rings. The van der Waals surface area contributed by atoms with Gasteiger partial charge < -0.3 is 4.42 Å². The van der Waals surface area contributed by atoms with Crippen LogP contribution in [0.4, 0.5) is 5.69 Å². The molecule has 0 amide bonds. The monoisotopic (exact) mass is 180 g/mol. The number of rotatable bonds is 2. The molecule has 0 saturated heterocycles. The van der Waals surface area contributed by atoms with Gasteiger partial charge in [-0.15, -0.1) is 0 Å². The van der Waals surface area contributed by atoms with E-state index in [4.69, 9.17) is 9.68 Å². The molecule has 0 aliphatic carbocycles.